The molecule has 148 valence electrons. The molecule has 0 aromatic carbocycles. The highest BCUT2D eigenvalue weighted by Gasteiger charge is 2.21. The van der Waals surface area contributed by atoms with Crippen LogP contribution in [-0.4, -0.2) is 78.2 Å². The van der Waals surface area contributed by atoms with Crippen molar-refractivity contribution >= 4 is 17.5 Å². The number of amides is 1. The highest BCUT2D eigenvalue weighted by molar-refractivity contribution is 5.94. The van der Waals surface area contributed by atoms with E-state index >= 15 is 0 Å². The zero-order chi connectivity index (χ0) is 19.3. The molecule has 2 saturated heterocycles. The highest BCUT2D eigenvalue weighted by atomic mass is 16.5. The Hall–Kier alpha value is -2.74. The van der Waals surface area contributed by atoms with E-state index < -0.39 is 0 Å². The predicted octanol–water partition coefficient (Wildman–Crippen LogP) is 1.23. The second-order valence-electron chi connectivity index (χ2n) is 7.00. The minimum atomic E-state index is 0.0302. The lowest BCUT2D eigenvalue weighted by Gasteiger charge is -2.36. The van der Waals surface area contributed by atoms with E-state index in [-0.39, 0.29) is 5.91 Å². The zero-order valence-electron chi connectivity index (χ0n) is 16.3. The second kappa shape index (κ2) is 8.52. The number of hydrogen-bond donors (Lipinski definition) is 0. The number of carbonyl (C=O) groups is 1. The Morgan fingerprint density at radius 1 is 0.964 bits per heavy atom. The molecule has 2 fully saturated rings. The van der Waals surface area contributed by atoms with Crippen LogP contribution >= 0.6 is 0 Å². The van der Waals surface area contributed by atoms with Gasteiger partial charge in [0.15, 0.2) is 0 Å². The minimum absolute atomic E-state index is 0.0302. The first-order valence-electron chi connectivity index (χ1n) is 9.88. The summed E-state index contributed by atoms with van der Waals surface area (Å²) in [6.07, 6.45) is 4.25. The maximum atomic E-state index is 12.5. The van der Waals surface area contributed by atoms with Gasteiger partial charge in [0.05, 0.1) is 18.8 Å². The molecule has 4 heterocycles. The van der Waals surface area contributed by atoms with E-state index in [0.29, 0.717) is 31.9 Å². The van der Waals surface area contributed by atoms with E-state index in [1.165, 1.54) is 0 Å². The van der Waals surface area contributed by atoms with Crippen LogP contribution in [-0.2, 0) is 11.2 Å². The molecule has 2 aliphatic heterocycles. The lowest BCUT2D eigenvalue weighted by atomic mass is 10.2. The Morgan fingerprint density at radius 2 is 1.68 bits per heavy atom. The number of rotatable bonds is 4. The average Bonchev–Trinajstić information content (AvgIpc) is 2.79. The fourth-order valence-corrected chi connectivity index (χ4v) is 3.57. The van der Waals surface area contributed by atoms with Gasteiger partial charge in [0.25, 0.3) is 5.91 Å². The van der Waals surface area contributed by atoms with Crippen molar-refractivity contribution in [1.82, 2.24) is 19.9 Å². The lowest BCUT2D eigenvalue weighted by molar-refractivity contribution is 0.0302. The topological polar surface area (TPSA) is 74.7 Å². The second-order valence-corrected chi connectivity index (χ2v) is 7.00. The largest absolute Gasteiger partial charge is 0.378 e. The highest BCUT2D eigenvalue weighted by Crippen LogP contribution is 2.19. The summed E-state index contributed by atoms with van der Waals surface area (Å²) in [7, 11) is 0. The Kier molecular flexibility index (Phi) is 5.66. The van der Waals surface area contributed by atoms with Crippen molar-refractivity contribution in [1.29, 1.82) is 0 Å². The summed E-state index contributed by atoms with van der Waals surface area (Å²) in [5.41, 5.74) is 1.70. The smallest absolute Gasteiger partial charge is 0.255 e. The Bertz CT molecular complexity index is 799. The van der Waals surface area contributed by atoms with E-state index in [9.17, 15) is 4.79 Å². The number of morpholine rings is 1. The summed E-state index contributed by atoms with van der Waals surface area (Å²) in [5, 5.41) is 0. The molecule has 28 heavy (non-hydrogen) atoms. The summed E-state index contributed by atoms with van der Waals surface area (Å²) in [5.74, 6) is 1.93. The molecule has 0 bridgehead atoms. The number of piperazine rings is 1. The van der Waals surface area contributed by atoms with Crippen LogP contribution in [0.4, 0.5) is 11.6 Å². The number of aryl methyl sites for hydroxylation is 1. The van der Waals surface area contributed by atoms with Crippen LogP contribution in [0.5, 0.6) is 0 Å². The van der Waals surface area contributed by atoms with Crippen molar-refractivity contribution in [2.45, 2.75) is 13.3 Å². The van der Waals surface area contributed by atoms with Gasteiger partial charge in [-0.1, -0.05) is 6.92 Å². The van der Waals surface area contributed by atoms with Gasteiger partial charge in [-0.15, -0.1) is 0 Å². The number of pyridine rings is 1. The first-order valence-corrected chi connectivity index (χ1v) is 9.88. The summed E-state index contributed by atoms with van der Waals surface area (Å²) in [4.78, 5) is 32.1. The van der Waals surface area contributed by atoms with E-state index in [1.54, 1.807) is 12.5 Å². The first-order chi connectivity index (χ1) is 13.7. The third-order valence-corrected chi connectivity index (χ3v) is 5.29. The Morgan fingerprint density at radius 3 is 2.32 bits per heavy atom. The first kappa shape index (κ1) is 18.6. The van der Waals surface area contributed by atoms with Gasteiger partial charge in [-0.05, 0) is 18.6 Å². The van der Waals surface area contributed by atoms with Gasteiger partial charge in [0.2, 0.25) is 0 Å². The Balaban J connectivity index is 1.36. The van der Waals surface area contributed by atoms with Gasteiger partial charge < -0.3 is 19.4 Å². The molecule has 4 rings (SSSR count). The average molecular weight is 382 g/mol. The van der Waals surface area contributed by atoms with Crippen LogP contribution in [0.3, 0.4) is 0 Å². The van der Waals surface area contributed by atoms with E-state index in [0.717, 1.165) is 49.9 Å². The fraction of sp³-hybridized carbons (Fsp3) is 0.500. The molecule has 2 aromatic rings. The number of nitrogens with zero attached hydrogens (tertiary/aromatic N) is 6. The number of aromatic nitrogens is 3. The summed E-state index contributed by atoms with van der Waals surface area (Å²) < 4.78 is 5.31. The van der Waals surface area contributed by atoms with E-state index in [4.69, 9.17) is 4.74 Å². The fourth-order valence-electron chi connectivity index (χ4n) is 3.57. The molecule has 0 saturated carbocycles. The summed E-state index contributed by atoms with van der Waals surface area (Å²) in [6, 6.07) is 5.90. The van der Waals surface area contributed by atoms with Crippen LogP contribution in [0.15, 0.2) is 30.7 Å². The molecule has 0 spiro atoms. The molecule has 0 radical (unpaired) electrons. The van der Waals surface area contributed by atoms with Crippen LogP contribution in [0, 0.1) is 0 Å². The standard InChI is InChI=1S/C20H26N6O2/c1-2-17-13-19(23-15-22-17)25-7-5-24(6-8-25)18-4-3-16(14-21-18)20(27)26-9-11-28-12-10-26/h3-4,13-15H,2,5-12H2,1H3. The molecule has 0 unspecified atom stereocenters. The molecule has 8 heteroatoms. The minimum Gasteiger partial charge on any atom is -0.378 e. The van der Waals surface area contributed by atoms with E-state index in [1.807, 2.05) is 17.0 Å². The molecule has 2 aromatic heterocycles. The van der Waals surface area contributed by atoms with Crippen LogP contribution < -0.4 is 9.80 Å². The normalized spacial score (nSPS) is 17.7. The molecule has 8 nitrogen and oxygen atoms in total. The van der Waals surface area contributed by atoms with Crippen molar-refractivity contribution in [3.63, 3.8) is 0 Å². The van der Waals surface area contributed by atoms with Crippen molar-refractivity contribution in [3.8, 4) is 0 Å². The number of carbonyl (C=O) groups excluding carboxylic acids is 1. The maximum absolute atomic E-state index is 12.5. The van der Waals surface area contributed by atoms with Gasteiger partial charge >= 0.3 is 0 Å². The number of ether oxygens (including phenoxy) is 1. The van der Waals surface area contributed by atoms with Gasteiger partial charge in [0, 0.05) is 57.2 Å². The number of hydrogen-bond acceptors (Lipinski definition) is 7. The van der Waals surface area contributed by atoms with Crippen molar-refractivity contribution < 1.29 is 9.53 Å². The van der Waals surface area contributed by atoms with E-state index in [2.05, 4.69) is 37.7 Å². The van der Waals surface area contributed by atoms with Gasteiger partial charge in [-0.3, -0.25) is 4.79 Å². The predicted molar refractivity (Wildman–Crippen MR) is 107 cm³/mol. The maximum Gasteiger partial charge on any atom is 0.255 e. The van der Waals surface area contributed by atoms with Crippen LogP contribution in [0.25, 0.3) is 0 Å². The third-order valence-electron chi connectivity index (χ3n) is 5.29. The molecule has 1 amide bonds. The van der Waals surface area contributed by atoms with Gasteiger partial charge in [-0.2, -0.15) is 0 Å². The SMILES string of the molecule is CCc1cc(N2CCN(c3ccc(C(=O)N4CCOCC4)cn3)CC2)ncn1. The van der Waals surface area contributed by atoms with Crippen molar-refractivity contribution in [3.05, 3.63) is 42.0 Å². The molecular weight excluding hydrogens is 356 g/mol. The Labute approximate surface area is 165 Å². The quantitative estimate of drug-likeness (QED) is 0.787. The molecule has 0 atom stereocenters. The summed E-state index contributed by atoms with van der Waals surface area (Å²) >= 11 is 0. The lowest BCUT2D eigenvalue weighted by Crippen LogP contribution is -2.47. The monoisotopic (exact) mass is 382 g/mol. The number of anilines is 2. The van der Waals surface area contributed by atoms with Crippen LogP contribution in [0.1, 0.15) is 23.0 Å². The van der Waals surface area contributed by atoms with Crippen LogP contribution in [0.2, 0.25) is 0 Å². The molecule has 0 aliphatic carbocycles. The summed E-state index contributed by atoms with van der Waals surface area (Å²) in [6.45, 7) is 8.11. The zero-order valence-corrected chi connectivity index (χ0v) is 16.3. The van der Waals surface area contributed by atoms with Gasteiger partial charge in [0.1, 0.15) is 18.0 Å². The van der Waals surface area contributed by atoms with Crippen molar-refractivity contribution in [2.75, 3.05) is 62.3 Å². The third kappa shape index (κ3) is 4.06. The van der Waals surface area contributed by atoms with Gasteiger partial charge in [-0.25, -0.2) is 15.0 Å². The molecule has 2 aliphatic rings. The molecule has 0 N–H and O–H groups in total. The molecular formula is C20H26N6O2. The van der Waals surface area contributed by atoms with Crippen molar-refractivity contribution in [2.24, 2.45) is 0 Å².